The van der Waals surface area contributed by atoms with Crippen LogP contribution < -0.4 is 0 Å². The van der Waals surface area contributed by atoms with Crippen LogP contribution >= 0.6 is 22.9 Å². The van der Waals surface area contributed by atoms with Crippen LogP contribution in [0.15, 0.2) is 12.1 Å². The second-order valence-corrected chi connectivity index (χ2v) is 6.34. The van der Waals surface area contributed by atoms with Crippen LogP contribution in [0.4, 0.5) is 0 Å². The van der Waals surface area contributed by atoms with Crippen molar-refractivity contribution in [3.05, 3.63) is 21.3 Å². The zero-order valence-electron chi connectivity index (χ0n) is 9.24. The summed E-state index contributed by atoms with van der Waals surface area (Å²) in [4.78, 5) is 11.4. The van der Waals surface area contributed by atoms with Crippen LogP contribution in [-0.4, -0.2) is 16.2 Å². The standard InChI is InChI=1S/C11H15ClO3S/c1-11(2,6-10(14)15)5-7(13)8-3-4-9(12)16-8/h3-4,7,13H,5-6H2,1-2H3,(H,14,15). The molecule has 0 aliphatic rings. The first kappa shape index (κ1) is 13.5. The van der Waals surface area contributed by atoms with Crippen LogP contribution in [0.25, 0.3) is 0 Å². The number of carbonyl (C=O) groups is 1. The molecule has 1 heterocycles. The van der Waals surface area contributed by atoms with Gasteiger partial charge >= 0.3 is 5.97 Å². The SMILES string of the molecule is CC(C)(CC(=O)O)CC(O)c1ccc(Cl)s1. The number of thiophene rings is 1. The molecule has 0 amide bonds. The second-order valence-electron chi connectivity index (χ2n) is 4.60. The van der Waals surface area contributed by atoms with Gasteiger partial charge < -0.3 is 10.2 Å². The minimum Gasteiger partial charge on any atom is -0.481 e. The molecule has 1 atom stereocenters. The van der Waals surface area contributed by atoms with Crippen molar-refractivity contribution in [2.45, 2.75) is 32.8 Å². The van der Waals surface area contributed by atoms with Crippen molar-refractivity contribution in [1.82, 2.24) is 0 Å². The Balaban J connectivity index is 2.63. The van der Waals surface area contributed by atoms with Gasteiger partial charge in [0, 0.05) is 4.88 Å². The Morgan fingerprint density at radius 2 is 2.19 bits per heavy atom. The Labute approximate surface area is 104 Å². The predicted octanol–water partition coefficient (Wildman–Crippen LogP) is 3.33. The molecule has 0 saturated heterocycles. The highest BCUT2D eigenvalue weighted by Gasteiger charge is 2.26. The van der Waals surface area contributed by atoms with Gasteiger partial charge in [-0.25, -0.2) is 0 Å². The van der Waals surface area contributed by atoms with E-state index in [4.69, 9.17) is 16.7 Å². The third-order valence-corrected chi connectivity index (χ3v) is 3.63. The van der Waals surface area contributed by atoms with E-state index in [1.54, 1.807) is 12.1 Å². The normalized spacial score (nSPS) is 13.8. The molecule has 0 aromatic carbocycles. The fraction of sp³-hybridized carbons (Fsp3) is 0.545. The molecular formula is C11H15ClO3S. The van der Waals surface area contributed by atoms with E-state index >= 15 is 0 Å². The van der Waals surface area contributed by atoms with E-state index in [0.29, 0.717) is 10.8 Å². The summed E-state index contributed by atoms with van der Waals surface area (Å²) in [7, 11) is 0. The van der Waals surface area contributed by atoms with Gasteiger partial charge in [0.2, 0.25) is 0 Å². The monoisotopic (exact) mass is 262 g/mol. The van der Waals surface area contributed by atoms with E-state index in [0.717, 1.165) is 4.88 Å². The second kappa shape index (κ2) is 5.17. The van der Waals surface area contributed by atoms with Gasteiger partial charge in [-0.3, -0.25) is 4.79 Å². The Morgan fingerprint density at radius 1 is 1.56 bits per heavy atom. The highest BCUT2D eigenvalue weighted by Crippen LogP contribution is 2.36. The molecule has 0 fully saturated rings. The van der Waals surface area contributed by atoms with E-state index in [-0.39, 0.29) is 6.42 Å². The van der Waals surface area contributed by atoms with Crippen LogP contribution in [-0.2, 0) is 4.79 Å². The number of aliphatic hydroxyl groups excluding tert-OH is 1. The van der Waals surface area contributed by atoms with Gasteiger partial charge in [0.05, 0.1) is 16.9 Å². The molecule has 0 bridgehead atoms. The van der Waals surface area contributed by atoms with Crippen molar-refractivity contribution in [3.63, 3.8) is 0 Å². The van der Waals surface area contributed by atoms with Gasteiger partial charge in [-0.15, -0.1) is 11.3 Å². The van der Waals surface area contributed by atoms with E-state index in [9.17, 15) is 9.90 Å². The molecular weight excluding hydrogens is 248 g/mol. The number of rotatable bonds is 5. The Morgan fingerprint density at radius 3 is 2.62 bits per heavy atom. The maximum Gasteiger partial charge on any atom is 0.303 e. The maximum atomic E-state index is 10.6. The summed E-state index contributed by atoms with van der Waals surface area (Å²) < 4.78 is 0.630. The Kier molecular flexibility index (Phi) is 4.35. The molecule has 0 aliphatic carbocycles. The van der Waals surface area contributed by atoms with Crippen molar-refractivity contribution < 1.29 is 15.0 Å². The quantitative estimate of drug-likeness (QED) is 0.856. The lowest BCUT2D eigenvalue weighted by Gasteiger charge is -2.24. The molecule has 0 radical (unpaired) electrons. The Hall–Kier alpha value is -0.580. The van der Waals surface area contributed by atoms with Gasteiger partial charge in [0.1, 0.15) is 0 Å². The zero-order valence-corrected chi connectivity index (χ0v) is 10.8. The lowest BCUT2D eigenvalue weighted by molar-refractivity contribution is -0.139. The molecule has 0 spiro atoms. The first-order valence-corrected chi connectivity index (χ1v) is 6.15. The summed E-state index contributed by atoms with van der Waals surface area (Å²) in [5, 5.41) is 18.7. The summed E-state index contributed by atoms with van der Waals surface area (Å²) >= 11 is 7.10. The minimum absolute atomic E-state index is 0.0448. The van der Waals surface area contributed by atoms with Crippen LogP contribution in [0.3, 0.4) is 0 Å². The number of carboxylic acid groups (broad SMARTS) is 1. The smallest absolute Gasteiger partial charge is 0.303 e. The fourth-order valence-electron chi connectivity index (χ4n) is 1.61. The molecule has 5 heteroatoms. The molecule has 1 rings (SSSR count). The molecule has 0 aliphatic heterocycles. The largest absolute Gasteiger partial charge is 0.481 e. The minimum atomic E-state index is -0.846. The summed E-state index contributed by atoms with van der Waals surface area (Å²) in [5.74, 6) is -0.846. The number of aliphatic hydroxyl groups is 1. The topological polar surface area (TPSA) is 57.5 Å². The number of aliphatic carboxylic acids is 1. The Bertz CT molecular complexity index is 373. The molecule has 1 aromatic rings. The van der Waals surface area contributed by atoms with Crippen molar-refractivity contribution >= 4 is 28.9 Å². The lowest BCUT2D eigenvalue weighted by atomic mass is 9.83. The molecule has 2 N–H and O–H groups in total. The number of halogens is 1. The third-order valence-electron chi connectivity index (χ3n) is 2.30. The van der Waals surface area contributed by atoms with E-state index in [1.807, 2.05) is 13.8 Å². The highest BCUT2D eigenvalue weighted by atomic mass is 35.5. The van der Waals surface area contributed by atoms with Gasteiger partial charge in [-0.05, 0) is 24.0 Å². The highest BCUT2D eigenvalue weighted by molar-refractivity contribution is 7.16. The van der Waals surface area contributed by atoms with Gasteiger partial charge in [-0.2, -0.15) is 0 Å². The molecule has 90 valence electrons. The fourth-order valence-corrected chi connectivity index (χ4v) is 2.66. The van der Waals surface area contributed by atoms with E-state index < -0.39 is 17.5 Å². The van der Waals surface area contributed by atoms with Gasteiger partial charge in [0.15, 0.2) is 0 Å². The van der Waals surface area contributed by atoms with Gasteiger partial charge in [-0.1, -0.05) is 25.4 Å². The van der Waals surface area contributed by atoms with E-state index in [2.05, 4.69) is 0 Å². The first-order valence-electron chi connectivity index (χ1n) is 4.95. The molecule has 3 nitrogen and oxygen atoms in total. The van der Waals surface area contributed by atoms with Crippen LogP contribution in [0, 0.1) is 5.41 Å². The van der Waals surface area contributed by atoms with Crippen LogP contribution in [0.2, 0.25) is 4.34 Å². The van der Waals surface area contributed by atoms with Crippen molar-refractivity contribution in [3.8, 4) is 0 Å². The summed E-state index contributed by atoms with van der Waals surface area (Å²) in [6, 6.07) is 3.50. The maximum absolute atomic E-state index is 10.6. The van der Waals surface area contributed by atoms with E-state index in [1.165, 1.54) is 11.3 Å². The lowest BCUT2D eigenvalue weighted by Crippen LogP contribution is -2.19. The molecule has 1 unspecified atom stereocenters. The average molecular weight is 263 g/mol. The average Bonchev–Trinajstić information content (AvgIpc) is 2.47. The third kappa shape index (κ3) is 4.12. The first-order chi connectivity index (χ1) is 7.30. The summed E-state index contributed by atoms with van der Waals surface area (Å²) in [6.45, 7) is 3.67. The van der Waals surface area contributed by atoms with Crippen molar-refractivity contribution in [2.24, 2.45) is 5.41 Å². The number of carboxylic acids is 1. The predicted molar refractivity (Wildman–Crippen MR) is 64.9 cm³/mol. The zero-order chi connectivity index (χ0) is 12.3. The number of hydrogen-bond acceptors (Lipinski definition) is 3. The van der Waals surface area contributed by atoms with Crippen LogP contribution in [0.5, 0.6) is 0 Å². The summed E-state index contributed by atoms with van der Waals surface area (Å²) in [5.41, 5.74) is -0.429. The van der Waals surface area contributed by atoms with Crippen molar-refractivity contribution in [1.29, 1.82) is 0 Å². The van der Waals surface area contributed by atoms with Crippen molar-refractivity contribution in [2.75, 3.05) is 0 Å². The molecule has 16 heavy (non-hydrogen) atoms. The molecule has 0 saturated carbocycles. The molecule has 1 aromatic heterocycles. The summed E-state index contributed by atoms with van der Waals surface area (Å²) in [6.07, 6.45) is -0.189. The van der Waals surface area contributed by atoms with Gasteiger partial charge in [0.25, 0.3) is 0 Å². The number of hydrogen-bond donors (Lipinski definition) is 2. The van der Waals surface area contributed by atoms with Crippen LogP contribution in [0.1, 0.15) is 37.7 Å².